The lowest BCUT2D eigenvalue weighted by molar-refractivity contribution is 0.413. The molecule has 2 heterocycles. The van der Waals surface area contributed by atoms with Crippen LogP contribution in [0.1, 0.15) is 11.1 Å². The molecule has 98 valence electrons. The van der Waals surface area contributed by atoms with Gasteiger partial charge >= 0.3 is 0 Å². The second-order valence-electron chi connectivity index (χ2n) is 4.58. The number of rotatable bonds is 3. The van der Waals surface area contributed by atoms with Crippen LogP contribution in [0.15, 0.2) is 36.5 Å². The fraction of sp³-hybridized carbons (Fsp3) is 0.267. The molecule has 0 aliphatic carbocycles. The van der Waals surface area contributed by atoms with Crippen LogP contribution < -0.4 is 15.4 Å². The molecule has 0 saturated carbocycles. The van der Waals surface area contributed by atoms with E-state index in [0.717, 1.165) is 36.8 Å². The van der Waals surface area contributed by atoms with Gasteiger partial charge in [0.25, 0.3) is 0 Å². The molecule has 0 bridgehead atoms. The van der Waals surface area contributed by atoms with Crippen LogP contribution in [0.3, 0.4) is 0 Å². The minimum absolute atomic E-state index is 0.768. The Morgan fingerprint density at radius 1 is 1.26 bits per heavy atom. The first-order chi connectivity index (χ1) is 9.36. The van der Waals surface area contributed by atoms with Crippen molar-refractivity contribution >= 4 is 11.5 Å². The summed E-state index contributed by atoms with van der Waals surface area (Å²) in [6, 6.07) is 10.2. The van der Waals surface area contributed by atoms with Gasteiger partial charge in [0.15, 0.2) is 0 Å². The fourth-order valence-corrected chi connectivity index (χ4v) is 2.36. The first kappa shape index (κ1) is 12.0. The minimum atomic E-state index is 0.768. The molecule has 2 aromatic rings. The summed E-state index contributed by atoms with van der Waals surface area (Å²) in [6.07, 6.45) is 2.77. The molecule has 0 spiro atoms. The first-order valence-electron chi connectivity index (χ1n) is 6.45. The first-order valence-corrected chi connectivity index (χ1v) is 6.45. The maximum absolute atomic E-state index is 5.11. The number of aromatic nitrogens is 1. The van der Waals surface area contributed by atoms with Crippen molar-refractivity contribution in [3.8, 4) is 5.75 Å². The van der Waals surface area contributed by atoms with Crippen molar-refractivity contribution in [2.75, 3.05) is 19.0 Å². The third-order valence-electron chi connectivity index (χ3n) is 3.38. The zero-order valence-corrected chi connectivity index (χ0v) is 10.9. The largest absolute Gasteiger partial charge is 0.495 e. The van der Waals surface area contributed by atoms with Crippen LogP contribution in [0.4, 0.5) is 11.5 Å². The molecule has 4 heteroatoms. The predicted octanol–water partition coefficient (Wildman–Crippen LogP) is 2.48. The van der Waals surface area contributed by atoms with Gasteiger partial charge in [-0.3, -0.25) is 0 Å². The molecular formula is C15H17N3O. The molecule has 1 aliphatic heterocycles. The summed E-state index contributed by atoms with van der Waals surface area (Å²) in [5, 5.41) is 6.78. The summed E-state index contributed by atoms with van der Waals surface area (Å²) in [6.45, 7) is 1.97. The Bertz CT molecular complexity index is 566. The number of hydrogen-bond acceptors (Lipinski definition) is 4. The Morgan fingerprint density at radius 2 is 2.21 bits per heavy atom. The Balaban J connectivity index is 1.86. The molecule has 2 N–H and O–H groups in total. The van der Waals surface area contributed by atoms with E-state index in [1.165, 1.54) is 11.1 Å². The summed E-state index contributed by atoms with van der Waals surface area (Å²) < 4.78 is 5.11. The van der Waals surface area contributed by atoms with Gasteiger partial charge in [-0.05, 0) is 42.3 Å². The van der Waals surface area contributed by atoms with Crippen molar-refractivity contribution in [1.29, 1.82) is 0 Å². The van der Waals surface area contributed by atoms with Crippen LogP contribution >= 0.6 is 0 Å². The highest BCUT2D eigenvalue weighted by Gasteiger charge is 2.12. The average molecular weight is 255 g/mol. The van der Waals surface area contributed by atoms with Gasteiger partial charge in [0.2, 0.25) is 0 Å². The molecule has 1 aromatic heterocycles. The van der Waals surface area contributed by atoms with E-state index in [4.69, 9.17) is 4.74 Å². The lowest BCUT2D eigenvalue weighted by Crippen LogP contribution is -2.24. The van der Waals surface area contributed by atoms with E-state index in [2.05, 4.69) is 33.8 Å². The van der Waals surface area contributed by atoms with Crippen LogP contribution in [0.2, 0.25) is 0 Å². The molecule has 4 nitrogen and oxygen atoms in total. The van der Waals surface area contributed by atoms with Crippen molar-refractivity contribution in [1.82, 2.24) is 10.3 Å². The van der Waals surface area contributed by atoms with Crippen LogP contribution in [-0.4, -0.2) is 18.6 Å². The van der Waals surface area contributed by atoms with E-state index < -0.39 is 0 Å². The molecule has 0 fully saturated rings. The number of hydrogen-bond donors (Lipinski definition) is 2. The summed E-state index contributed by atoms with van der Waals surface area (Å²) in [7, 11) is 1.64. The highest BCUT2D eigenvalue weighted by atomic mass is 16.5. The number of fused-ring (bicyclic) bond motifs is 1. The van der Waals surface area contributed by atoms with Gasteiger partial charge in [-0.25, -0.2) is 4.98 Å². The standard InChI is InChI=1S/C15H17N3O/c1-19-12-5-6-15(17-10-12)18-14-4-2-3-11-9-16-8-7-13(11)14/h2-6,10,16H,7-9H2,1H3,(H,17,18). The third-order valence-corrected chi connectivity index (χ3v) is 3.38. The number of pyridine rings is 1. The Morgan fingerprint density at radius 3 is 3.00 bits per heavy atom. The lowest BCUT2D eigenvalue weighted by atomic mass is 9.99. The van der Waals surface area contributed by atoms with Crippen molar-refractivity contribution in [2.45, 2.75) is 13.0 Å². The van der Waals surface area contributed by atoms with Gasteiger partial charge in [0.05, 0.1) is 13.3 Å². The van der Waals surface area contributed by atoms with E-state index in [0.29, 0.717) is 0 Å². The second kappa shape index (κ2) is 5.28. The van der Waals surface area contributed by atoms with E-state index in [9.17, 15) is 0 Å². The highest BCUT2D eigenvalue weighted by molar-refractivity contribution is 5.63. The van der Waals surface area contributed by atoms with Gasteiger partial charge < -0.3 is 15.4 Å². The lowest BCUT2D eigenvalue weighted by Gasteiger charge is -2.20. The number of benzene rings is 1. The van der Waals surface area contributed by atoms with E-state index in [1.807, 2.05) is 12.1 Å². The average Bonchev–Trinajstić information content (AvgIpc) is 2.48. The number of nitrogens with zero attached hydrogens (tertiary/aromatic N) is 1. The van der Waals surface area contributed by atoms with Crippen molar-refractivity contribution in [3.05, 3.63) is 47.7 Å². The normalized spacial score (nSPS) is 13.7. The molecule has 0 unspecified atom stereocenters. The number of ether oxygens (including phenoxy) is 1. The number of nitrogens with one attached hydrogen (secondary N) is 2. The van der Waals surface area contributed by atoms with E-state index >= 15 is 0 Å². The molecule has 0 saturated heterocycles. The zero-order valence-electron chi connectivity index (χ0n) is 10.9. The predicted molar refractivity (Wildman–Crippen MR) is 75.9 cm³/mol. The van der Waals surface area contributed by atoms with Gasteiger partial charge in [0, 0.05) is 12.2 Å². The van der Waals surface area contributed by atoms with Crippen molar-refractivity contribution in [3.63, 3.8) is 0 Å². The number of methoxy groups -OCH3 is 1. The molecule has 0 atom stereocenters. The number of anilines is 2. The van der Waals surface area contributed by atoms with Crippen LogP contribution in [0.25, 0.3) is 0 Å². The molecule has 0 radical (unpaired) electrons. The molecule has 1 aliphatic rings. The van der Waals surface area contributed by atoms with E-state index in [1.54, 1.807) is 13.3 Å². The van der Waals surface area contributed by atoms with Gasteiger partial charge in [-0.2, -0.15) is 0 Å². The smallest absolute Gasteiger partial charge is 0.137 e. The Kier molecular flexibility index (Phi) is 3.33. The summed E-state index contributed by atoms with van der Waals surface area (Å²) in [4.78, 5) is 4.34. The quantitative estimate of drug-likeness (QED) is 0.884. The zero-order chi connectivity index (χ0) is 13.1. The van der Waals surface area contributed by atoms with Crippen LogP contribution in [0.5, 0.6) is 5.75 Å². The van der Waals surface area contributed by atoms with Gasteiger partial charge in [-0.1, -0.05) is 12.1 Å². The van der Waals surface area contributed by atoms with Crippen LogP contribution in [-0.2, 0) is 13.0 Å². The van der Waals surface area contributed by atoms with Crippen molar-refractivity contribution < 1.29 is 4.74 Å². The second-order valence-corrected chi connectivity index (χ2v) is 4.58. The summed E-state index contributed by atoms with van der Waals surface area (Å²) >= 11 is 0. The molecule has 19 heavy (non-hydrogen) atoms. The monoisotopic (exact) mass is 255 g/mol. The summed E-state index contributed by atoms with van der Waals surface area (Å²) in [5.41, 5.74) is 3.90. The maximum Gasteiger partial charge on any atom is 0.137 e. The molecular weight excluding hydrogens is 238 g/mol. The topological polar surface area (TPSA) is 46.2 Å². The third kappa shape index (κ3) is 2.53. The van der Waals surface area contributed by atoms with Crippen LogP contribution in [0, 0.1) is 0 Å². The summed E-state index contributed by atoms with van der Waals surface area (Å²) in [5.74, 6) is 1.61. The SMILES string of the molecule is COc1ccc(Nc2cccc3c2CCNC3)nc1. The van der Waals surface area contributed by atoms with E-state index in [-0.39, 0.29) is 0 Å². The Labute approximate surface area is 112 Å². The fourth-order valence-electron chi connectivity index (χ4n) is 2.36. The van der Waals surface area contributed by atoms with Crippen molar-refractivity contribution in [2.24, 2.45) is 0 Å². The maximum atomic E-state index is 5.11. The molecule has 0 amide bonds. The van der Waals surface area contributed by atoms with Gasteiger partial charge in [-0.15, -0.1) is 0 Å². The Hall–Kier alpha value is -2.07. The van der Waals surface area contributed by atoms with Gasteiger partial charge in [0.1, 0.15) is 11.6 Å². The molecule has 1 aromatic carbocycles. The molecule has 3 rings (SSSR count). The minimum Gasteiger partial charge on any atom is -0.495 e. The highest BCUT2D eigenvalue weighted by Crippen LogP contribution is 2.26.